The first-order valence-corrected chi connectivity index (χ1v) is 2.30. The quantitative estimate of drug-likeness (QED) is 0.420. The van der Waals surface area contributed by atoms with Gasteiger partial charge in [-0.3, -0.25) is 4.98 Å². The topological polar surface area (TPSA) is 58.0 Å². The molecule has 4 nitrogen and oxygen atoms in total. The fraction of sp³-hybridized carbons (Fsp3) is 0. The van der Waals surface area contributed by atoms with Crippen LogP contribution in [0.4, 0.5) is 0 Å². The average molecular weight is 132 g/mol. The van der Waals surface area contributed by atoms with Gasteiger partial charge in [-0.1, -0.05) is 12.8 Å². The van der Waals surface area contributed by atoms with Crippen LogP contribution in [0.5, 0.6) is 5.88 Å². The molecule has 0 spiro atoms. The lowest BCUT2D eigenvalue weighted by atomic mass is 10.9. The first kappa shape index (κ1) is 5.30. The fourth-order valence-electron chi connectivity index (χ4n) is 0.374. The number of thiol groups is 1. The van der Waals surface area contributed by atoms with E-state index in [1.165, 1.54) is 6.20 Å². The number of hydrogen-bond donors (Lipinski definition) is 3. The highest BCUT2D eigenvalue weighted by Gasteiger charge is 1.92. The number of nitrogens with one attached hydrogen (secondary N) is 1. The molecule has 1 heterocycles. The molecule has 0 aliphatic carbocycles. The van der Waals surface area contributed by atoms with E-state index in [0.29, 0.717) is 0 Å². The summed E-state index contributed by atoms with van der Waals surface area (Å²) in [5.41, 5.74) is -0.439. The summed E-state index contributed by atoms with van der Waals surface area (Å²) in [5, 5.41) is 8.51. The average Bonchev–Trinajstić information content (AvgIpc) is 1.85. The molecule has 8 heavy (non-hydrogen) atoms. The Morgan fingerprint density at radius 3 is 2.62 bits per heavy atom. The maximum absolute atomic E-state index is 10.3. The molecule has 1 rings (SSSR count). The lowest BCUT2D eigenvalue weighted by molar-refractivity contribution is 0.455. The molecular weight excluding hydrogens is 128 g/mol. The van der Waals surface area contributed by atoms with E-state index in [1.54, 1.807) is 0 Å². The Balaban J connectivity index is 3.35. The van der Waals surface area contributed by atoms with Crippen LogP contribution < -0.4 is 5.69 Å². The van der Waals surface area contributed by atoms with Crippen LogP contribution >= 0.6 is 12.8 Å². The summed E-state index contributed by atoms with van der Waals surface area (Å²) in [6, 6.07) is 0. The third kappa shape index (κ3) is 0.717. The van der Waals surface area contributed by atoms with Crippen molar-refractivity contribution < 1.29 is 5.11 Å². The molecule has 0 saturated carbocycles. The van der Waals surface area contributed by atoms with E-state index >= 15 is 0 Å². The van der Waals surface area contributed by atoms with Crippen molar-refractivity contribution in [2.45, 2.75) is 0 Å². The van der Waals surface area contributed by atoms with Crippen molar-refractivity contribution in [3.05, 3.63) is 16.7 Å². The van der Waals surface area contributed by atoms with Gasteiger partial charge in [-0.05, 0) is 0 Å². The summed E-state index contributed by atoms with van der Waals surface area (Å²) >= 11 is 3.63. The van der Waals surface area contributed by atoms with Crippen LogP contribution in [-0.4, -0.2) is 14.1 Å². The Hall–Kier alpha value is -0.840. The maximum Gasteiger partial charge on any atom is 0.338 e. The van der Waals surface area contributed by atoms with Crippen molar-refractivity contribution in [1.29, 1.82) is 0 Å². The molecule has 0 saturated heterocycles. The van der Waals surface area contributed by atoms with Gasteiger partial charge in [0.2, 0.25) is 5.88 Å². The predicted molar refractivity (Wildman–Crippen MR) is 31.1 cm³/mol. The van der Waals surface area contributed by atoms with Gasteiger partial charge in [-0.15, -0.1) is 0 Å². The van der Waals surface area contributed by atoms with Crippen LogP contribution in [0.25, 0.3) is 0 Å². The number of nitrogens with zero attached hydrogens (tertiary/aromatic N) is 1. The van der Waals surface area contributed by atoms with Gasteiger partial charge in [0.1, 0.15) is 0 Å². The van der Waals surface area contributed by atoms with Crippen molar-refractivity contribution in [2.24, 2.45) is 0 Å². The van der Waals surface area contributed by atoms with E-state index in [2.05, 4.69) is 17.8 Å². The summed E-state index contributed by atoms with van der Waals surface area (Å²) in [4.78, 5) is 12.4. The van der Waals surface area contributed by atoms with Crippen molar-refractivity contribution in [3.63, 3.8) is 0 Å². The second kappa shape index (κ2) is 1.59. The number of imidazole rings is 1. The van der Waals surface area contributed by atoms with Crippen LogP contribution in [0, 0.1) is 0 Å². The van der Waals surface area contributed by atoms with Crippen molar-refractivity contribution >= 4 is 12.8 Å². The summed E-state index contributed by atoms with van der Waals surface area (Å²) in [7, 11) is 0. The molecular formula is C3H4N2O2S. The van der Waals surface area contributed by atoms with Crippen LogP contribution in [0.15, 0.2) is 11.0 Å². The third-order valence-corrected chi connectivity index (χ3v) is 0.985. The monoisotopic (exact) mass is 132 g/mol. The number of hydrogen-bond acceptors (Lipinski definition) is 3. The second-order valence-electron chi connectivity index (χ2n) is 1.29. The first-order chi connectivity index (χ1) is 3.70. The fourth-order valence-corrected chi connectivity index (χ4v) is 0.533. The molecule has 0 unspecified atom stereocenters. The summed E-state index contributed by atoms with van der Waals surface area (Å²) in [6.45, 7) is 0. The van der Waals surface area contributed by atoms with Gasteiger partial charge in [-0.25, -0.2) is 8.77 Å². The van der Waals surface area contributed by atoms with Crippen molar-refractivity contribution in [2.75, 3.05) is 0 Å². The van der Waals surface area contributed by atoms with Gasteiger partial charge in [-0.2, -0.15) is 0 Å². The molecule has 0 atom stereocenters. The van der Waals surface area contributed by atoms with E-state index in [9.17, 15) is 4.79 Å². The van der Waals surface area contributed by atoms with Crippen LogP contribution in [-0.2, 0) is 0 Å². The van der Waals surface area contributed by atoms with Crippen LogP contribution in [0.2, 0.25) is 0 Å². The molecule has 44 valence electrons. The smallest absolute Gasteiger partial charge is 0.338 e. The zero-order valence-electron chi connectivity index (χ0n) is 3.83. The minimum absolute atomic E-state index is 0.176. The predicted octanol–water partition coefficient (Wildman–Crippen LogP) is -0.425. The highest BCUT2D eigenvalue weighted by molar-refractivity contribution is 7.78. The van der Waals surface area contributed by atoms with Gasteiger partial charge in [0.25, 0.3) is 0 Å². The van der Waals surface area contributed by atoms with Crippen LogP contribution in [0.3, 0.4) is 0 Å². The van der Waals surface area contributed by atoms with E-state index in [0.717, 1.165) is 3.97 Å². The molecule has 1 aromatic rings. The van der Waals surface area contributed by atoms with E-state index in [1.807, 2.05) is 0 Å². The normalized spacial score (nSPS) is 9.62. The van der Waals surface area contributed by atoms with Gasteiger partial charge >= 0.3 is 5.69 Å². The summed E-state index contributed by atoms with van der Waals surface area (Å²) < 4.78 is 0.954. The van der Waals surface area contributed by atoms with Gasteiger partial charge < -0.3 is 5.11 Å². The minimum Gasteiger partial charge on any atom is -0.493 e. The highest BCUT2D eigenvalue weighted by atomic mass is 32.1. The molecule has 5 heteroatoms. The Kier molecular flexibility index (Phi) is 1.05. The molecule has 2 N–H and O–H groups in total. The standard InChI is InChI=1S/C3H4N2O2S/c6-2-1-5(8)3(7)4-2/h1,6,8H,(H,4,7). The summed E-state index contributed by atoms with van der Waals surface area (Å²) in [5.74, 6) is -0.176. The molecule has 0 aliphatic rings. The SMILES string of the molecule is O=c1[nH]c(O)cn1S. The highest BCUT2D eigenvalue weighted by Crippen LogP contribution is 1.96. The van der Waals surface area contributed by atoms with Gasteiger partial charge in [0, 0.05) is 0 Å². The number of aromatic amines is 1. The molecule has 1 aromatic heterocycles. The van der Waals surface area contributed by atoms with Crippen LogP contribution in [0.1, 0.15) is 0 Å². The van der Waals surface area contributed by atoms with E-state index in [-0.39, 0.29) is 5.88 Å². The third-order valence-electron chi connectivity index (χ3n) is 0.688. The molecule has 0 bridgehead atoms. The van der Waals surface area contributed by atoms with E-state index in [4.69, 9.17) is 5.11 Å². The van der Waals surface area contributed by atoms with Crippen molar-refractivity contribution in [1.82, 2.24) is 8.96 Å². The van der Waals surface area contributed by atoms with Crippen molar-refractivity contribution in [3.8, 4) is 5.88 Å². The Morgan fingerprint density at radius 1 is 1.88 bits per heavy atom. The van der Waals surface area contributed by atoms with Gasteiger partial charge in [0.05, 0.1) is 6.20 Å². The Labute approximate surface area is 50.3 Å². The Morgan fingerprint density at radius 2 is 2.50 bits per heavy atom. The first-order valence-electron chi connectivity index (χ1n) is 1.90. The lowest BCUT2D eigenvalue weighted by Crippen LogP contribution is -2.06. The second-order valence-corrected chi connectivity index (χ2v) is 1.72. The zero-order chi connectivity index (χ0) is 6.15. The Bertz CT molecular complexity index is 238. The summed E-state index contributed by atoms with van der Waals surface area (Å²) in [6.07, 6.45) is 1.17. The minimum atomic E-state index is -0.439. The molecule has 0 aromatic carbocycles. The largest absolute Gasteiger partial charge is 0.493 e. The van der Waals surface area contributed by atoms with Gasteiger partial charge in [0.15, 0.2) is 0 Å². The molecule has 0 fully saturated rings. The number of aromatic nitrogens is 2. The molecule has 0 amide bonds. The zero-order valence-corrected chi connectivity index (χ0v) is 4.72. The molecule has 0 radical (unpaired) electrons. The van der Waals surface area contributed by atoms with E-state index < -0.39 is 5.69 Å². The maximum atomic E-state index is 10.3. The molecule has 0 aliphatic heterocycles. The number of aromatic hydroxyl groups is 1. The number of H-pyrrole nitrogens is 1. The lowest BCUT2D eigenvalue weighted by Gasteiger charge is -1.75. The number of rotatable bonds is 0.